The summed E-state index contributed by atoms with van der Waals surface area (Å²) in [6.07, 6.45) is 0.366. The average molecular weight is 444 g/mol. The van der Waals surface area contributed by atoms with Gasteiger partial charge in [0.05, 0.1) is 6.61 Å². The van der Waals surface area contributed by atoms with E-state index in [-0.39, 0.29) is 31.2 Å². The molecule has 0 N–H and O–H groups in total. The summed E-state index contributed by atoms with van der Waals surface area (Å²) >= 11 is 0. The standard InChI is InChI=1S/C27H24O6/c1-3-31-26(29)13-12-23-17(2)22-11-10-21(15-25(22)33-27(23)30)32-16-24(28)20-9-8-18-6-4-5-7-19(18)14-20/h4-11,14-15H,3,12-13,16H2,1-2H3. The molecule has 6 heteroatoms. The number of esters is 1. The molecular weight excluding hydrogens is 420 g/mol. The van der Waals surface area contributed by atoms with Gasteiger partial charge in [-0.05, 0) is 54.8 Å². The van der Waals surface area contributed by atoms with Gasteiger partial charge in [-0.1, -0.05) is 36.4 Å². The number of Topliss-reactive ketones (excluding diaryl/α,β-unsaturated/α-hetero) is 1. The lowest BCUT2D eigenvalue weighted by Crippen LogP contribution is -2.14. The van der Waals surface area contributed by atoms with E-state index in [1.165, 1.54) is 0 Å². The zero-order valence-corrected chi connectivity index (χ0v) is 18.6. The van der Waals surface area contributed by atoms with Crippen LogP contribution in [0.4, 0.5) is 0 Å². The van der Waals surface area contributed by atoms with Gasteiger partial charge in [-0.2, -0.15) is 0 Å². The number of benzene rings is 3. The summed E-state index contributed by atoms with van der Waals surface area (Å²) in [4.78, 5) is 36.7. The normalized spacial score (nSPS) is 11.0. The molecule has 33 heavy (non-hydrogen) atoms. The molecule has 4 aromatic rings. The third-order valence-electron chi connectivity index (χ3n) is 5.58. The highest BCUT2D eigenvalue weighted by Gasteiger charge is 2.15. The van der Waals surface area contributed by atoms with E-state index >= 15 is 0 Å². The third-order valence-corrected chi connectivity index (χ3v) is 5.58. The SMILES string of the molecule is CCOC(=O)CCc1c(C)c2ccc(OCC(=O)c3ccc4ccccc4c3)cc2oc1=O. The summed E-state index contributed by atoms with van der Waals surface area (Å²) in [5.74, 6) is -0.0671. The number of aryl methyl sites for hydroxylation is 1. The van der Waals surface area contributed by atoms with Crippen molar-refractivity contribution < 1.29 is 23.5 Å². The van der Waals surface area contributed by atoms with Gasteiger partial charge in [-0.3, -0.25) is 9.59 Å². The molecule has 0 radical (unpaired) electrons. The minimum Gasteiger partial charge on any atom is -0.485 e. The predicted molar refractivity (Wildman–Crippen MR) is 126 cm³/mol. The molecule has 0 aliphatic rings. The van der Waals surface area contributed by atoms with E-state index in [1.807, 2.05) is 43.3 Å². The highest BCUT2D eigenvalue weighted by Crippen LogP contribution is 2.25. The molecule has 0 amide bonds. The summed E-state index contributed by atoms with van der Waals surface area (Å²) < 4.78 is 16.1. The fourth-order valence-electron chi connectivity index (χ4n) is 3.81. The van der Waals surface area contributed by atoms with Crippen LogP contribution in [0.5, 0.6) is 5.75 Å². The number of carbonyl (C=O) groups is 2. The average Bonchev–Trinajstić information content (AvgIpc) is 2.82. The van der Waals surface area contributed by atoms with Gasteiger partial charge in [0.2, 0.25) is 0 Å². The molecule has 168 valence electrons. The second-order valence-corrected chi connectivity index (χ2v) is 7.73. The van der Waals surface area contributed by atoms with Crippen molar-refractivity contribution in [3.63, 3.8) is 0 Å². The fourth-order valence-corrected chi connectivity index (χ4v) is 3.81. The second-order valence-electron chi connectivity index (χ2n) is 7.73. The summed E-state index contributed by atoms with van der Waals surface area (Å²) in [6, 6.07) is 18.5. The number of hydrogen-bond acceptors (Lipinski definition) is 6. The van der Waals surface area contributed by atoms with Crippen molar-refractivity contribution in [2.75, 3.05) is 13.2 Å². The molecule has 0 unspecified atom stereocenters. The number of carbonyl (C=O) groups excluding carboxylic acids is 2. The Labute approximate surface area is 190 Å². The number of fused-ring (bicyclic) bond motifs is 2. The fraction of sp³-hybridized carbons (Fsp3) is 0.222. The van der Waals surface area contributed by atoms with Crippen LogP contribution in [0.3, 0.4) is 0 Å². The molecule has 0 atom stereocenters. The van der Waals surface area contributed by atoms with Crippen LogP contribution in [0, 0.1) is 6.92 Å². The number of ether oxygens (including phenoxy) is 2. The Kier molecular flexibility index (Phi) is 6.54. The molecule has 0 bridgehead atoms. The first-order valence-corrected chi connectivity index (χ1v) is 10.8. The van der Waals surface area contributed by atoms with Gasteiger partial charge in [0.1, 0.15) is 11.3 Å². The summed E-state index contributed by atoms with van der Waals surface area (Å²) in [5, 5.41) is 2.81. The van der Waals surface area contributed by atoms with Crippen LogP contribution >= 0.6 is 0 Å². The molecule has 0 fully saturated rings. The van der Waals surface area contributed by atoms with Crippen molar-refractivity contribution in [3.8, 4) is 5.75 Å². The highest BCUT2D eigenvalue weighted by molar-refractivity contribution is 6.00. The number of hydrogen-bond donors (Lipinski definition) is 0. The van der Waals surface area contributed by atoms with E-state index < -0.39 is 5.63 Å². The molecule has 0 aliphatic heterocycles. The van der Waals surface area contributed by atoms with Crippen molar-refractivity contribution in [1.29, 1.82) is 0 Å². The van der Waals surface area contributed by atoms with E-state index in [9.17, 15) is 14.4 Å². The van der Waals surface area contributed by atoms with Gasteiger partial charge in [0, 0.05) is 29.0 Å². The van der Waals surface area contributed by atoms with Crippen LogP contribution in [0.1, 0.15) is 34.8 Å². The van der Waals surface area contributed by atoms with Crippen LogP contribution < -0.4 is 10.4 Å². The van der Waals surface area contributed by atoms with Gasteiger partial charge in [-0.25, -0.2) is 4.79 Å². The number of ketones is 1. The van der Waals surface area contributed by atoms with Crippen LogP contribution in [0.15, 0.2) is 69.9 Å². The van der Waals surface area contributed by atoms with E-state index in [4.69, 9.17) is 13.9 Å². The molecule has 1 aromatic heterocycles. The van der Waals surface area contributed by atoms with Crippen molar-refractivity contribution in [1.82, 2.24) is 0 Å². The molecular formula is C27H24O6. The Morgan fingerprint density at radius 3 is 2.55 bits per heavy atom. The number of rotatable bonds is 8. The highest BCUT2D eigenvalue weighted by atomic mass is 16.5. The quantitative estimate of drug-likeness (QED) is 0.216. The molecule has 4 rings (SSSR count). The van der Waals surface area contributed by atoms with Gasteiger partial charge < -0.3 is 13.9 Å². The van der Waals surface area contributed by atoms with Crippen LogP contribution in [-0.4, -0.2) is 25.0 Å². The van der Waals surface area contributed by atoms with Gasteiger partial charge in [0.25, 0.3) is 0 Å². The van der Waals surface area contributed by atoms with Crippen molar-refractivity contribution in [2.24, 2.45) is 0 Å². The topological polar surface area (TPSA) is 82.8 Å². The van der Waals surface area contributed by atoms with E-state index in [0.717, 1.165) is 21.7 Å². The lowest BCUT2D eigenvalue weighted by atomic mass is 10.0. The molecule has 3 aromatic carbocycles. The molecule has 0 saturated carbocycles. The van der Waals surface area contributed by atoms with E-state index in [0.29, 0.717) is 29.1 Å². The maximum absolute atomic E-state index is 12.6. The van der Waals surface area contributed by atoms with E-state index in [2.05, 4.69) is 0 Å². The predicted octanol–water partition coefficient (Wildman–Crippen LogP) is 5.01. The zero-order valence-electron chi connectivity index (χ0n) is 18.6. The minimum absolute atomic E-state index is 0.114. The Morgan fingerprint density at radius 2 is 1.76 bits per heavy atom. The van der Waals surface area contributed by atoms with Crippen LogP contribution in [-0.2, 0) is 16.0 Å². The Hall–Kier alpha value is -3.93. The molecule has 0 spiro atoms. The zero-order chi connectivity index (χ0) is 23.4. The lowest BCUT2D eigenvalue weighted by Gasteiger charge is -2.10. The van der Waals surface area contributed by atoms with Crippen molar-refractivity contribution >= 4 is 33.5 Å². The van der Waals surface area contributed by atoms with Gasteiger partial charge >= 0.3 is 11.6 Å². The summed E-state index contributed by atoms with van der Waals surface area (Å²) in [7, 11) is 0. The maximum atomic E-state index is 12.6. The first-order valence-electron chi connectivity index (χ1n) is 10.8. The van der Waals surface area contributed by atoms with Gasteiger partial charge in [-0.15, -0.1) is 0 Å². The monoisotopic (exact) mass is 444 g/mol. The molecule has 1 heterocycles. The summed E-state index contributed by atoms with van der Waals surface area (Å²) in [6.45, 7) is 3.73. The molecule has 0 saturated heterocycles. The first kappa shape index (κ1) is 22.3. The Balaban J connectivity index is 1.49. The second kappa shape index (κ2) is 9.69. The first-order chi connectivity index (χ1) is 16.0. The third kappa shape index (κ3) is 4.95. The van der Waals surface area contributed by atoms with Crippen LogP contribution in [0.25, 0.3) is 21.7 Å². The minimum atomic E-state index is -0.492. The van der Waals surface area contributed by atoms with E-state index in [1.54, 1.807) is 31.2 Å². The smallest absolute Gasteiger partial charge is 0.339 e. The van der Waals surface area contributed by atoms with Crippen molar-refractivity contribution in [2.45, 2.75) is 26.7 Å². The Morgan fingerprint density at radius 1 is 0.970 bits per heavy atom. The Bertz CT molecular complexity index is 1400. The van der Waals surface area contributed by atoms with Crippen LogP contribution in [0.2, 0.25) is 0 Å². The summed E-state index contributed by atoms with van der Waals surface area (Å²) in [5.41, 5.74) is 1.66. The largest absolute Gasteiger partial charge is 0.485 e. The molecule has 0 aliphatic carbocycles. The molecule has 6 nitrogen and oxygen atoms in total. The lowest BCUT2D eigenvalue weighted by molar-refractivity contribution is -0.143. The van der Waals surface area contributed by atoms with Gasteiger partial charge in [0.15, 0.2) is 12.4 Å². The maximum Gasteiger partial charge on any atom is 0.339 e. The van der Waals surface area contributed by atoms with Crippen molar-refractivity contribution in [3.05, 3.63) is 87.8 Å².